The lowest BCUT2D eigenvalue weighted by atomic mass is 9.88. The maximum Gasteiger partial charge on any atom is 0.115 e. The largest absolute Gasteiger partial charge is 0.508 e. The number of rotatable bonds is 4. The Balaban J connectivity index is 2.29. The fourth-order valence-corrected chi connectivity index (χ4v) is 3.01. The van der Waals surface area contributed by atoms with E-state index in [0.717, 1.165) is 40.7 Å². The Morgan fingerprint density at radius 1 is 0.917 bits per heavy atom. The number of hydrogen-bond donors (Lipinski definition) is 1. The second-order valence-electron chi connectivity index (χ2n) is 5.84. The lowest BCUT2D eigenvalue weighted by molar-refractivity contribution is 0.475. The molecule has 0 saturated carbocycles. The number of hydrogen-bond acceptors (Lipinski definition) is 2. The average molecular weight is 313 g/mol. The van der Waals surface area contributed by atoms with Gasteiger partial charge >= 0.3 is 0 Å². The van der Waals surface area contributed by atoms with Crippen molar-refractivity contribution < 1.29 is 5.11 Å². The molecule has 0 radical (unpaired) electrons. The van der Waals surface area contributed by atoms with Gasteiger partial charge in [0.05, 0.1) is 11.6 Å². The van der Waals surface area contributed by atoms with E-state index >= 15 is 0 Å². The molecule has 0 atom stereocenters. The summed E-state index contributed by atoms with van der Waals surface area (Å²) in [6.45, 7) is 2.14. The summed E-state index contributed by atoms with van der Waals surface area (Å²) in [5.41, 5.74) is 5.86. The first-order chi connectivity index (χ1) is 11.7. The highest BCUT2D eigenvalue weighted by Crippen LogP contribution is 2.36. The fourth-order valence-electron chi connectivity index (χ4n) is 3.01. The van der Waals surface area contributed by atoms with Crippen molar-refractivity contribution in [3.05, 3.63) is 77.9 Å². The van der Waals surface area contributed by atoms with Crippen LogP contribution in [0.15, 0.2) is 66.7 Å². The van der Waals surface area contributed by atoms with Crippen LogP contribution in [0.3, 0.4) is 0 Å². The molecule has 0 unspecified atom stereocenters. The first-order valence-electron chi connectivity index (χ1n) is 8.14. The second kappa shape index (κ2) is 7.02. The molecule has 118 valence electrons. The molecule has 0 heterocycles. The van der Waals surface area contributed by atoms with Crippen molar-refractivity contribution in [1.82, 2.24) is 0 Å². The Labute approximate surface area is 142 Å². The first kappa shape index (κ1) is 15.8. The van der Waals surface area contributed by atoms with Crippen LogP contribution < -0.4 is 0 Å². The van der Waals surface area contributed by atoms with Crippen molar-refractivity contribution in [3.8, 4) is 34.1 Å². The summed E-state index contributed by atoms with van der Waals surface area (Å²) < 4.78 is 0. The number of nitriles is 1. The van der Waals surface area contributed by atoms with Gasteiger partial charge in [-0.15, -0.1) is 0 Å². The van der Waals surface area contributed by atoms with Crippen molar-refractivity contribution in [1.29, 1.82) is 5.26 Å². The molecular weight excluding hydrogens is 294 g/mol. The highest BCUT2D eigenvalue weighted by Gasteiger charge is 2.14. The monoisotopic (exact) mass is 313 g/mol. The maximum absolute atomic E-state index is 9.70. The summed E-state index contributed by atoms with van der Waals surface area (Å²) >= 11 is 0. The number of aryl methyl sites for hydroxylation is 1. The van der Waals surface area contributed by atoms with E-state index in [4.69, 9.17) is 0 Å². The zero-order valence-electron chi connectivity index (χ0n) is 13.7. The number of phenolic OH excluding ortho intramolecular Hbond substituents is 1. The first-order valence-corrected chi connectivity index (χ1v) is 8.14. The number of benzene rings is 3. The van der Waals surface area contributed by atoms with Crippen LogP contribution in [0.5, 0.6) is 5.75 Å². The van der Waals surface area contributed by atoms with Gasteiger partial charge in [-0.2, -0.15) is 5.26 Å². The van der Waals surface area contributed by atoms with Crippen molar-refractivity contribution in [2.24, 2.45) is 0 Å². The fraction of sp³-hybridized carbons (Fsp3) is 0.136. The summed E-state index contributed by atoms with van der Waals surface area (Å²) in [6.07, 6.45) is 1.97. The normalized spacial score (nSPS) is 10.3. The lowest BCUT2D eigenvalue weighted by Gasteiger charge is -2.15. The predicted molar refractivity (Wildman–Crippen MR) is 97.7 cm³/mol. The summed E-state index contributed by atoms with van der Waals surface area (Å²) in [5, 5.41) is 19.3. The molecule has 0 amide bonds. The molecule has 3 aromatic rings. The molecule has 0 spiro atoms. The zero-order valence-corrected chi connectivity index (χ0v) is 13.7. The van der Waals surface area contributed by atoms with Crippen molar-refractivity contribution in [3.63, 3.8) is 0 Å². The third kappa shape index (κ3) is 3.16. The van der Waals surface area contributed by atoms with Crippen LogP contribution in [-0.2, 0) is 6.42 Å². The van der Waals surface area contributed by atoms with E-state index in [1.807, 2.05) is 48.5 Å². The Hall–Kier alpha value is -3.05. The standard InChI is InChI=1S/C22H19NO/c1-2-6-16-13-19(15-23)22(18-7-4-3-5-8-18)21(14-16)17-9-11-20(24)12-10-17/h3-5,7-14,24H,2,6H2,1H3. The zero-order chi connectivity index (χ0) is 16.9. The van der Waals surface area contributed by atoms with E-state index < -0.39 is 0 Å². The van der Waals surface area contributed by atoms with Gasteiger partial charge in [0, 0.05) is 5.56 Å². The van der Waals surface area contributed by atoms with Crippen LogP contribution in [-0.4, -0.2) is 5.11 Å². The molecule has 1 N–H and O–H groups in total. The topological polar surface area (TPSA) is 44.0 Å². The van der Waals surface area contributed by atoms with E-state index in [1.165, 1.54) is 0 Å². The van der Waals surface area contributed by atoms with Crippen LogP contribution in [0.25, 0.3) is 22.3 Å². The van der Waals surface area contributed by atoms with Gasteiger partial charge in [-0.05, 0) is 46.9 Å². The molecule has 0 aliphatic heterocycles. The quantitative estimate of drug-likeness (QED) is 0.686. The Bertz CT molecular complexity index is 874. The van der Waals surface area contributed by atoms with E-state index in [-0.39, 0.29) is 5.75 Å². The summed E-state index contributed by atoms with van der Waals surface area (Å²) in [7, 11) is 0. The molecule has 2 nitrogen and oxygen atoms in total. The SMILES string of the molecule is CCCc1cc(C#N)c(-c2ccccc2)c(-c2ccc(O)cc2)c1. The van der Waals surface area contributed by atoms with Gasteiger partial charge in [0.2, 0.25) is 0 Å². The molecule has 0 aliphatic rings. The molecule has 0 saturated heterocycles. The summed E-state index contributed by atoms with van der Waals surface area (Å²) in [5.74, 6) is 0.241. The van der Waals surface area contributed by atoms with Crippen LogP contribution in [0.2, 0.25) is 0 Å². The van der Waals surface area contributed by atoms with E-state index in [1.54, 1.807) is 12.1 Å². The molecule has 0 aromatic heterocycles. The third-order valence-electron chi connectivity index (χ3n) is 4.10. The number of aromatic hydroxyl groups is 1. The molecule has 24 heavy (non-hydrogen) atoms. The molecule has 2 heteroatoms. The Kier molecular flexibility index (Phi) is 4.63. The van der Waals surface area contributed by atoms with E-state index in [0.29, 0.717) is 5.56 Å². The maximum atomic E-state index is 9.70. The van der Waals surface area contributed by atoms with Crippen molar-refractivity contribution in [2.45, 2.75) is 19.8 Å². The van der Waals surface area contributed by atoms with Crippen molar-refractivity contribution in [2.75, 3.05) is 0 Å². The van der Waals surface area contributed by atoms with Crippen LogP contribution in [0.4, 0.5) is 0 Å². The second-order valence-corrected chi connectivity index (χ2v) is 5.84. The summed E-state index contributed by atoms with van der Waals surface area (Å²) in [6, 6.07) is 23.7. The van der Waals surface area contributed by atoms with Gasteiger partial charge in [0.15, 0.2) is 0 Å². The predicted octanol–water partition coefficient (Wildman–Crippen LogP) is 5.55. The van der Waals surface area contributed by atoms with E-state index in [2.05, 4.69) is 19.1 Å². The molecule has 0 aliphatic carbocycles. The smallest absolute Gasteiger partial charge is 0.115 e. The molecule has 3 aromatic carbocycles. The van der Waals surface area contributed by atoms with Crippen LogP contribution in [0, 0.1) is 11.3 Å². The Morgan fingerprint density at radius 2 is 1.62 bits per heavy atom. The van der Waals surface area contributed by atoms with Gasteiger partial charge in [0.25, 0.3) is 0 Å². The summed E-state index contributed by atoms with van der Waals surface area (Å²) in [4.78, 5) is 0. The molecule has 0 fully saturated rings. The minimum atomic E-state index is 0.241. The van der Waals surface area contributed by atoms with Gasteiger partial charge in [0.1, 0.15) is 5.75 Å². The highest BCUT2D eigenvalue weighted by atomic mass is 16.3. The van der Waals surface area contributed by atoms with Gasteiger partial charge in [-0.3, -0.25) is 0 Å². The molecular formula is C22H19NO. The lowest BCUT2D eigenvalue weighted by Crippen LogP contribution is -1.94. The van der Waals surface area contributed by atoms with Gasteiger partial charge in [-0.1, -0.05) is 61.9 Å². The van der Waals surface area contributed by atoms with Crippen molar-refractivity contribution >= 4 is 0 Å². The molecule has 3 rings (SSSR count). The highest BCUT2D eigenvalue weighted by molar-refractivity contribution is 5.88. The van der Waals surface area contributed by atoms with Gasteiger partial charge in [-0.25, -0.2) is 0 Å². The number of phenols is 1. The number of nitrogens with zero attached hydrogens (tertiary/aromatic N) is 1. The van der Waals surface area contributed by atoms with Crippen LogP contribution in [0.1, 0.15) is 24.5 Å². The minimum absolute atomic E-state index is 0.241. The van der Waals surface area contributed by atoms with E-state index in [9.17, 15) is 10.4 Å². The average Bonchev–Trinajstić information content (AvgIpc) is 2.62. The van der Waals surface area contributed by atoms with Gasteiger partial charge < -0.3 is 5.11 Å². The van der Waals surface area contributed by atoms with Crippen LogP contribution >= 0.6 is 0 Å². The minimum Gasteiger partial charge on any atom is -0.508 e. The third-order valence-corrected chi connectivity index (χ3v) is 4.10. The Morgan fingerprint density at radius 3 is 2.25 bits per heavy atom. The molecule has 0 bridgehead atoms.